The molecule has 0 aliphatic carbocycles. The maximum atomic E-state index is 11.8. The zero-order chi connectivity index (χ0) is 17.3. The van der Waals surface area contributed by atoms with Crippen LogP contribution in [0.2, 0.25) is 0 Å². The van der Waals surface area contributed by atoms with E-state index in [2.05, 4.69) is 4.74 Å². The lowest BCUT2D eigenvalue weighted by Crippen LogP contribution is -2.07. The van der Waals surface area contributed by atoms with Gasteiger partial charge in [-0.05, 0) is 0 Å². The van der Waals surface area contributed by atoms with Gasteiger partial charge in [-0.1, -0.05) is 0 Å². The number of carbonyl (C=O) groups excluding carboxylic acids is 2. The van der Waals surface area contributed by atoms with Gasteiger partial charge < -0.3 is 9.47 Å². The van der Waals surface area contributed by atoms with E-state index in [4.69, 9.17) is 4.74 Å². The van der Waals surface area contributed by atoms with E-state index in [-0.39, 0.29) is 20.7 Å². The molecule has 0 atom stereocenters. The van der Waals surface area contributed by atoms with Crippen molar-refractivity contribution in [1.29, 1.82) is 0 Å². The molecule has 0 saturated carbocycles. The van der Waals surface area contributed by atoms with Crippen LogP contribution in [0.15, 0.2) is 12.1 Å². The fourth-order valence-corrected chi connectivity index (χ4v) is 2.98. The van der Waals surface area contributed by atoms with Crippen LogP contribution < -0.4 is 4.74 Å². The molecule has 0 fully saturated rings. The third-order valence-electron chi connectivity index (χ3n) is 2.74. The standard InChI is InChI=1S/C12H8N2O8S/c1-5(15)22-10-9-7(14(19)20)3-6(13(17)18)4-8(9)23-11(10)12(16)21-2/h3-4H,1-2H3. The number of methoxy groups -OCH3 is 1. The second kappa shape index (κ2) is 5.96. The molecule has 10 nitrogen and oxygen atoms in total. The number of fused-ring (bicyclic) bond motifs is 1. The zero-order valence-electron chi connectivity index (χ0n) is 11.7. The van der Waals surface area contributed by atoms with Crippen molar-refractivity contribution in [2.45, 2.75) is 6.92 Å². The Balaban J connectivity index is 2.91. The summed E-state index contributed by atoms with van der Waals surface area (Å²) in [5.74, 6) is -2.02. The molecule has 120 valence electrons. The third kappa shape index (κ3) is 2.94. The minimum atomic E-state index is -0.876. The van der Waals surface area contributed by atoms with Crippen molar-refractivity contribution in [2.24, 2.45) is 0 Å². The molecular weight excluding hydrogens is 332 g/mol. The lowest BCUT2D eigenvalue weighted by atomic mass is 10.2. The first-order valence-electron chi connectivity index (χ1n) is 5.92. The molecule has 0 spiro atoms. The molecule has 1 heterocycles. The molecule has 11 heteroatoms. The molecule has 0 saturated heterocycles. The van der Waals surface area contributed by atoms with Gasteiger partial charge in [-0.15, -0.1) is 11.3 Å². The number of hydrogen-bond acceptors (Lipinski definition) is 9. The summed E-state index contributed by atoms with van der Waals surface area (Å²) in [5, 5.41) is 21.9. The Morgan fingerprint density at radius 1 is 1.17 bits per heavy atom. The lowest BCUT2D eigenvalue weighted by Gasteiger charge is -2.03. The number of ether oxygens (including phenoxy) is 2. The van der Waals surface area contributed by atoms with Crippen molar-refractivity contribution < 1.29 is 28.9 Å². The molecule has 0 aliphatic heterocycles. The Kier molecular flexibility index (Phi) is 4.22. The number of hydrogen-bond donors (Lipinski definition) is 0. The molecule has 0 N–H and O–H groups in total. The predicted molar refractivity (Wildman–Crippen MR) is 77.8 cm³/mol. The van der Waals surface area contributed by atoms with Crippen molar-refractivity contribution in [2.75, 3.05) is 7.11 Å². The van der Waals surface area contributed by atoms with Crippen molar-refractivity contribution >= 4 is 44.7 Å². The van der Waals surface area contributed by atoms with Crippen molar-refractivity contribution in [1.82, 2.24) is 0 Å². The molecule has 0 radical (unpaired) electrons. The van der Waals surface area contributed by atoms with Gasteiger partial charge >= 0.3 is 11.9 Å². The highest BCUT2D eigenvalue weighted by Crippen LogP contribution is 2.45. The number of nitro benzene ring substituents is 2. The monoisotopic (exact) mass is 340 g/mol. The summed E-state index contributed by atoms with van der Waals surface area (Å²) in [7, 11) is 1.08. The first-order valence-corrected chi connectivity index (χ1v) is 6.74. The summed E-state index contributed by atoms with van der Waals surface area (Å²) in [6.45, 7) is 1.06. The van der Waals surface area contributed by atoms with Crippen molar-refractivity contribution in [3.63, 3.8) is 0 Å². The number of nitrogens with zero attached hydrogens (tertiary/aromatic N) is 2. The maximum absolute atomic E-state index is 11.8. The number of benzene rings is 1. The fraction of sp³-hybridized carbons (Fsp3) is 0.167. The van der Waals surface area contributed by atoms with Crippen LogP contribution in [0, 0.1) is 20.2 Å². The highest BCUT2D eigenvalue weighted by Gasteiger charge is 2.30. The molecular formula is C12H8N2O8S. The second-order valence-electron chi connectivity index (χ2n) is 4.20. The normalized spacial score (nSPS) is 10.3. The van der Waals surface area contributed by atoms with Crippen molar-refractivity contribution in [3.8, 4) is 5.75 Å². The van der Waals surface area contributed by atoms with E-state index >= 15 is 0 Å². The average Bonchev–Trinajstić information content (AvgIpc) is 2.83. The summed E-state index contributed by atoms with van der Waals surface area (Å²) >= 11 is 0.701. The third-order valence-corrected chi connectivity index (χ3v) is 3.83. The largest absolute Gasteiger partial charge is 0.465 e. The Morgan fingerprint density at radius 3 is 2.30 bits per heavy atom. The summed E-state index contributed by atoms with van der Waals surface area (Å²) < 4.78 is 9.51. The van der Waals surface area contributed by atoms with E-state index in [1.54, 1.807) is 0 Å². The van der Waals surface area contributed by atoms with E-state index in [9.17, 15) is 29.8 Å². The molecule has 0 unspecified atom stereocenters. The van der Waals surface area contributed by atoms with Crippen LogP contribution >= 0.6 is 11.3 Å². The van der Waals surface area contributed by atoms with Crippen LogP contribution in [-0.4, -0.2) is 28.9 Å². The summed E-state index contributed by atoms with van der Waals surface area (Å²) in [4.78, 5) is 43.3. The van der Waals surface area contributed by atoms with Gasteiger partial charge in [-0.3, -0.25) is 25.0 Å². The van der Waals surface area contributed by atoms with Crippen LogP contribution in [0.3, 0.4) is 0 Å². The number of thiophene rings is 1. The highest BCUT2D eigenvalue weighted by atomic mass is 32.1. The quantitative estimate of drug-likeness (QED) is 0.469. The topological polar surface area (TPSA) is 139 Å². The van der Waals surface area contributed by atoms with Crippen LogP contribution in [0.5, 0.6) is 5.75 Å². The Bertz CT molecular complexity index is 856. The maximum Gasteiger partial charge on any atom is 0.351 e. The predicted octanol–water partition coefficient (Wildman–Crippen LogP) is 2.43. The first-order chi connectivity index (χ1) is 10.8. The molecule has 0 amide bonds. The molecule has 0 aliphatic rings. The minimum Gasteiger partial charge on any atom is -0.465 e. The van der Waals surface area contributed by atoms with E-state index in [0.717, 1.165) is 26.2 Å². The zero-order valence-corrected chi connectivity index (χ0v) is 12.5. The van der Waals surface area contributed by atoms with E-state index < -0.39 is 33.2 Å². The Hall–Kier alpha value is -3.08. The van der Waals surface area contributed by atoms with Gasteiger partial charge in [0.1, 0.15) is 5.39 Å². The van der Waals surface area contributed by atoms with Gasteiger partial charge in [0.25, 0.3) is 11.4 Å². The summed E-state index contributed by atoms with van der Waals surface area (Å²) in [6.07, 6.45) is 0. The van der Waals surface area contributed by atoms with Crippen molar-refractivity contribution in [3.05, 3.63) is 37.2 Å². The van der Waals surface area contributed by atoms with Gasteiger partial charge in [0.15, 0.2) is 10.6 Å². The lowest BCUT2D eigenvalue weighted by molar-refractivity contribution is -0.393. The summed E-state index contributed by atoms with van der Waals surface area (Å²) in [5.41, 5.74) is -1.16. The highest BCUT2D eigenvalue weighted by molar-refractivity contribution is 7.21. The van der Waals surface area contributed by atoms with E-state index in [0.29, 0.717) is 11.3 Å². The smallest absolute Gasteiger partial charge is 0.351 e. The second-order valence-corrected chi connectivity index (χ2v) is 5.25. The van der Waals surface area contributed by atoms with Crippen LogP contribution in [0.4, 0.5) is 11.4 Å². The molecule has 1 aromatic heterocycles. The van der Waals surface area contributed by atoms with Gasteiger partial charge in [0.2, 0.25) is 0 Å². The number of non-ortho nitro benzene ring substituents is 2. The minimum absolute atomic E-state index is 0.0579. The van der Waals surface area contributed by atoms with Crippen LogP contribution in [0.1, 0.15) is 16.6 Å². The molecule has 0 bridgehead atoms. The van der Waals surface area contributed by atoms with E-state index in [1.165, 1.54) is 0 Å². The number of esters is 2. The molecule has 23 heavy (non-hydrogen) atoms. The van der Waals surface area contributed by atoms with E-state index in [1.807, 2.05) is 0 Å². The molecule has 1 aromatic carbocycles. The van der Waals surface area contributed by atoms with Gasteiger partial charge in [0.05, 0.1) is 27.7 Å². The first kappa shape index (κ1) is 16.3. The number of rotatable bonds is 4. The summed E-state index contributed by atoms with van der Waals surface area (Å²) in [6, 6.07) is 1.80. The fourth-order valence-electron chi connectivity index (χ4n) is 1.88. The van der Waals surface area contributed by atoms with Crippen LogP contribution in [0.25, 0.3) is 10.1 Å². The van der Waals surface area contributed by atoms with Gasteiger partial charge in [-0.25, -0.2) is 4.79 Å². The van der Waals surface area contributed by atoms with Gasteiger partial charge in [-0.2, -0.15) is 0 Å². The molecule has 2 aromatic rings. The molecule has 2 rings (SSSR count). The van der Waals surface area contributed by atoms with Gasteiger partial charge in [0, 0.05) is 13.0 Å². The van der Waals surface area contributed by atoms with Crippen LogP contribution in [-0.2, 0) is 9.53 Å². The number of nitro groups is 2. The number of carbonyl (C=O) groups is 2. The Morgan fingerprint density at radius 2 is 1.83 bits per heavy atom. The SMILES string of the molecule is COC(=O)c1sc2cc([N+](=O)[O-])cc([N+](=O)[O-])c2c1OC(C)=O. The Labute approximate surface area is 131 Å². The average molecular weight is 340 g/mol.